The van der Waals surface area contributed by atoms with Crippen molar-refractivity contribution in [3.8, 4) is 0 Å². The molecule has 0 aliphatic carbocycles. The van der Waals surface area contributed by atoms with Gasteiger partial charge in [-0.1, -0.05) is 34.8 Å². The van der Waals surface area contributed by atoms with Crippen molar-refractivity contribution >= 4 is 46.3 Å². The number of halogens is 3. The fourth-order valence-corrected chi connectivity index (χ4v) is 2.89. The zero-order valence-corrected chi connectivity index (χ0v) is 10.8. The molecule has 1 aliphatic heterocycles. The molecule has 1 saturated heterocycles. The fourth-order valence-electron chi connectivity index (χ4n) is 1.87. The van der Waals surface area contributed by atoms with Gasteiger partial charge in [0.15, 0.2) is 0 Å². The Bertz CT molecular complexity index is 408. The van der Waals surface area contributed by atoms with E-state index in [0.717, 1.165) is 25.8 Å². The average molecular weight is 278 g/mol. The molecule has 1 N–H and O–H groups in total. The summed E-state index contributed by atoms with van der Waals surface area (Å²) < 4.78 is 0. The molecule has 1 aromatic rings. The number of piperidine rings is 1. The second-order valence-electron chi connectivity index (χ2n) is 3.77. The van der Waals surface area contributed by atoms with Crippen LogP contribution in [0.2, 0.25) is 15.1 Å². The number of rotatable bonds is 1. The van der Waals surface area contributed by atoms with Crippen LogP contribution in [0.4, 0.5) is 5.69 Å². The number of hydrogen-bond acceptors (Lipinski definition) is 1. The van der Waals surface area contributed by atoms with Crippen molar-refractivity contribution in [3.05, 3.63) is 27.2 Å². The lowest BCUT2D eigenvalue weighted by Gasteiger charge is -2.30. The minimum atomic E-state index is 0.504. The summed E-state index contributed by atoms with van der Waals surface area (Å²) in [7, 11) is 0. The van der Waals surface area contributed by atoms with Crippen LogP contribution in [-0.2, 0) is 0 Å². The largest absolute Gasteiger partial charge is 0.328 e. The molecule has 16 heavy (non-hydrogen) atoms. The molecule has 0 radical (unpaired) electrons. The third-order valence-electron chi connectivity index (χ3n) is 2.62. The first-order valence-corrected chi connectivity index (χ1v) is 6.22. The quantitative estimate of drug-likeness (QED) is 0.797. The monoisotopic (exact) mass is 276 g/mol. The van der Waals surface area contributed by atoms with Crippen molar-refractivity contribution in [1.82, 2.24) is 0 Å². The van der Waals surface area contributed by atoms with E-state index in [1.165, 1.54) is 0 Å². The molecular formula is C11H11Cl3N2. The van der Waals surface area contributed by atoms with E-state index in [1.807, 2.05) is 4.90 Å². The van der Waals surface area contributed by atoms with Crippen molar-refractivity contribution in [3.63, 3.8) is 0 Å². The second kappa shape index (κ2) is 4.82. The van der Waals surface area contributed by atoms with Gasteiger partial charge in [0.05, 0.1) is 15.7 Å². The van der Waals surface area contributed by atoms with Crippen molar-refractivity contribution < 1.29 is 0 Å². The van der Waals surface area contributed by atoms with Gasteiger partial charge in [0, 0.05) is 18.0 Å². The van der Waals surface area contributed by atoms with E-state index in [4.69, 9.17) is 40.2 Å². The molecule has 0 unspecified atom stereocenters. The Balaban J connectivity index is 2.42. The summed E-state index contributed by atoms with van der Waals surface area (Å²) in [6.45, 7) is 0.792. The lowest BCUT2D eigenvalue weighted by molar-refractivity contribution is 0.707. The maximum Gasteiger partial charge on any atom is 0.100 e. The molecule has 1 fully saturated rings. The number of nitrogens with zero attached hydrogens (tertiary/aromatic N) is 1. The minimum Gasteiger partial charge on any atom is -0.328 e. The number of benzene rings is 1. The molecule has 5 heteroatoms. The highest BCUT2D eigenvalue weighted by Gasteiger charge is 2.21. The van der Waals surface area contributed by atoms with Crippen LogP contribution >= 0.6 is 34.8 Å². The Morgan fingerprint density at radius 1 is 1.06 bits per heavy atom. The van der Waals surface area contributed by atoms with Gasteiger partial charge in [-0.2, -0.15) is 0 Å². The standard InChI is InChI=1S/C11H11Cl3N2/c12-7-5-8(13)11(9(14)6-7)16-4-2-1-3-10(16)15/h5-6,15H,1-4H2. The predicted molar refractivity (Wildman–Crippen MR) is 70.4 cm³/mol. The molecule has 1 aromatic carbocycles. The molecule has 86 valence electrons. The van der Waals surface area contributed by atoms with Crippen molar-refractivity contribution in [2.75, 3.05) is 11.4 Å². The number of amidine groups is 1. The van der Waals surface area contributed by atoms with Crippen LogP contribution in [0.25, 0.3) is 0 Å². The molecular weight excluding hydrogens is 266 g/mol. The van der Waals surface area contributed by atoms with Crippen LogP contribution in [0.5, 0.6) is 0 Å². The molecule has 0 atom stereocenters. The summed E-state index contributed by atoms with van der Waals surface area (Å²) in [5.41, 5.74) is 0.706. The molecule has 0 aromatic heterocycles. The first-order chi connectivity index (χ1) is 7.59. The summed E-state index contributed by atoms with van der Waals surface area (Å²) >= 11 is 18.1. The van der Waals surface area contributed by atoms with Crippen molar-refractivity contribution in [1.29, 1.82) is 5.41 Å². The van der Waals surface area contributed by atoms with Gasteiger partial charge in [0.25, 0.3) is 0 Å². The summed E-state index contributed by atoms with van der Waals surface area (Å²) in [4.78, 5) is 1.87. The van der Waals surface area contributed by atoms with Gasteiger partial charge in [-0.15, -0.1) is 0 Å². The fraction of sp³-hybridized carbons (Fsp3) is 0.364. The molecule has 1 aliphatic rings. The molecule has 0 saturated carbocycles. The van der Waals surface area contributed by atoms with E-state index in [1.54, 1.807) is 12.1 Å². The average Bonchev–Trinajstić information content (AvgIpc) is 2.19. The van der Waals surface area contributed by atoms with Crippen LogP contribution in [0.15, 0.2) is 12.1 Å². The normalized spacial score (nSPS) is 16.7. The minimum absolute atomic E-state index is 0.504. The van der Waals surface area contributed by atoms with Crippen LogP contribution in [0.3, 0.4) is 0 Å². The molecule has 2 rings (SSSR count). The maximum atomic E-state index is 7.91. The topological polar surface area (TPSA) is 27.1 Å². The van der Waals surface area contributed by atoms with Crippen LogP contribution in [0.1, 0.15) is 19.3 Å². The predicted octanol–water partition coefficient (Wildman–Crippen LogP) is 4.61. The van der Waals surface area contributed by atoms with E-state index >= 15 is 0 Å². The van der Waals surface area contributed by atoms with Crippen molar-refractivity contribution in [2.45, 2.75) is 19.3 Å². The van der Waals surface area contributed by atoms with Gasteiger partial charge >= 0.3 is 0 Å². The Morgan fingerprint density at radius 2 is 1.69 bits per heavy atom. The van der Waals surface area contributed by atoms with Gasteiger partial charge in [0.2, 0.25) is 0 Å². The molecule has 0 amide bonds. The van der Waals surface area contributed by atoms with Crippen LogP contribution < -0.4 is 4.90 Å². The van der Waals surface area contributed by atoms with E-state index < -0.39 is 0 Å². The second-order valence-corrected chi connectivity index (χ2v) is 5.02. The van der Waals surface area contributed by atoms with Crippen LogP contribution in [0, 0.1) is 5.41 Å². The van der Waals surface area contributed by atoms with Gasteiger partial charge in [-0.3, -0.25) is 5.41 Å². The van der Waals surface area contributed by atoms with E-state index in [-0.39, 0.29) is 0 Å². The number of anilines is 1. The lowest BCUT2D eigenvalue weighted by atomic mass is 10.1. The molecule has 2 nitrogen and oxygen atoms in total. The Kier molecular flexibility index (Phi) is 3.63. The Morgan fingerprint density at radius 3 is 2.25 bits per heavy atom. The molecule has 0 spiro atoms. The van der Waals surface area contributed by atoms with Crippen LogP contribution in [-0.4, -0.2) is 12.4 Å². The summed E-state index contributed by atoms with van der Waals surface area (Å²) in [5, 5.41) is 9.43. The highest BCUT2D eigenvalue weighted by molar-refractivity contribution is 6.42. The van der Waals surface area contributed by atoms with Gasteiger partial charge in [0.1, 0.15) is 5.84 Å². The first kappa shape index (κ1) is 12.0. The Hall–Kier alpha value is -0.440. The zero-order chi connectivity index (χ0) is 11.7. The van der Waals surface area contributed by atoms with Crippen molar-refractivity contribution in [2.24, 2.45) is 0 Å². The smallest absolute Gasteiger partial charge is 0.100 e. The van der Waals surface area contributed by atoms with Gasteiger partial charge < -0.3 is 4.90 Å². The number of nitrogens with one attached hydrogen (secondary N) is 1. The zero-order valence-electron chi connectivity index (χ0n) is 8.56. The molecule has 1 heterocycles. The van der Waals surface area contributed by atoms with Gasteiger partial charge in [-0.25, -0.2) is 0 Å². The van der Waals surface area contributed by atoms with E-state index in [0.29, 0.717) is 26.6 Å². The summed E-state index contributed by atoms with van der Waals surface area (Å²) in [6.07, 6.45) is 2.88. The maximum absolute atomic E-state index is 7.91. The lowest BCUT2D eigenvalue weighted by Crippen LogP contribution is -2.35. The first-order valence-electron chi connectivity index (χ1n) is 5.09. The van der Waals surface area contributed by atoms with Gasteiger partial charge in [-0.05, 0) is 25.0 Å². The highest BCUT2D eigenvalue weighted by Crippen LogP contribution is 2.38. The van der Waals surface area contributed by atoms with E-state index in [2.05, 4.69) is 0 Å². The third-order valence-corrected chi connectivity index (χ3v) is 3.42. The summed E-state index contributed by atoms with van der Waals surface area (Å²) in [6, 6.07) is 3.32. The SMILES string of the molecule is N=C1CCCCN1c1c(Cl)cc(Cl)cc1Cl. The summed E-state index contributed by atoms with van der Waals surface area (Å²) in [5.74, 6) is 0.567. The molecule has 0 bridgehead atoms. The number of hydrogen-bond donors (Lipinski definition) is 1. The Labute approximate surface area is 110 Å². The van der Waals surface area contributed by atoms with E-state index in [9.17, 15) is 0 Å². The highest BCUT2D eigenvalue weighted by atomic mass is 35.5. The third kappa shape index (κ3) is 2.29.